The molecule has 0 radical (unpaired) electrons. The van der Waals surface area contributed by atoms with E-state index in [1.165, 1.54) is 0 Å². The highest BCUT2D eigenvalue weighted by molar-refractivity contribution is 5.94. The highest BCUT2D eigenvalue weighted by Gasteiger charge is 2.09. The molecule has 0 saturated heterocycles. The second kappa shape index (κ2) is 9.40. The van der Waals surface area contributed by atoms with Crippen molar-refractivity contribution in [2.75, 3.05) is 0 Å². The maximum absolute atomic E-state index is 12.6. The molecule has 5 aromatic rings. The molecule has 0 atom stereocenters. The molecule has 0 bridgehead atoms. The van der Waals surface area contributed by atoms with E-state index in [-0.39, 0.29) is 5.91 Å². The van der Waals surface area contributed by atoms with Gasteiger partial charge in [-0.3, -0.25) is 4.79 Å². The lowest BCUT2D eigenvalue weighted by Gasteiger charge is -2.09. The monoisotopic (exact) mass is 434 g/mol. The summed E-state index contributed by atoms with van der Waals surface area (Å²) in [5.74, 6) is 1.09. The minimum absolute atomic E-state index is 0.150. The van der Waals surface area contributed by atoms with Crippen molar-refractivity contribution in [1.82, 2.24) is 10.3 Å². The first-order valence-electron chi connectivity index (χ1n) is 10.7. The Kier molecular flexibility index (Phi) is 5.85. The van der Waals surface area contributed by atoms with Crippen molar-refractivity contribution in [3.63, 3.8) is 0 Å². The van der Waals surface area contributed by atoms with Crippen LogP contribution in [0.5, 0.6) is 5.75 Å². The Morgan fingerprint density at radius 1 is 0.818 bits per heavy atom. The maximum Gasteiger partial charge on any atom is 0.251 e. The normalized spacial score (nSPS) is 10.8. The van der Waals surface area contributed by atoms with Gasteiger partial charge < -0.3 is 14.5 Å². The van der Waals surface area contributed by atoms with Crippen molar-refractivity contribution < 1.29 is 13.9 Å². The Morgan fingerprint density at radius 3 is 2.42 bits per heavy atom. The molecule has 0 aliphatic carbocycles. The molecule has 0 spiro atoms. The molecule has 0 aliphatic rings. The molecule has 0 aliphatic heterocycles. The standard InChI is InChI=1S/C28H22N2O3/c31-27(23-9-6-10-24(17-23)32-19-21-7-2-1-3-8-21)29-18-20-13-15-22(16-14-20)28-30-25-11-4-5-12-26(25)33-28/h1-17H,18-19H2,(H,29,31). The molecule has 0 unspecified atom stereocenters. The fourth-order valence-corrected chi connectivity index (χ4v) is 3.51. The number of aromatic nitrogens is 1. The van der Waals surface area contributed by atoms with Gasteiger partial charge in [0.15, 0.2) is 5.58 Å². The number of amides is 1. The van der Waals surface area contributed by atoms with Crippen LogP contribution in [0.2, 0.25) is 0 Å². The molecule has 1 N–H and O–H groups in total. The quantitative estimate of drug-likeness (QED) is 0.341. The van der Waals surface area contributed by atoms with E-state index >= 15 is 0 Å². The summed E-state index contributed by atoms with van der Waals surface area (Å²) in [6.07, 6.45) is 0. The summed E-state index contributed by atoms with van der Waals surface area (Å²) in [7, 11) is 0. The van der Waals surface area contributed by atoms with Crippen LogP contribution in [0.25, 0.3) is 22.6 Å². The number of oxazole rings is 1. The number of ether oxygens (including phenoxy) is 1. The number of carbonyl (C=O) groups excluding carboxylic acids is 1. The number of fused-ring (bicyclic) bond motifs is 1. The van der Waals surface area contributed by atoms with Gasteiger partial charge in [-0.2, -0.15) is 0 Å². The van der Waals surface area contributed by atoms with Gasteiger partial charge in [-0.25, -0.2) is 4.98 Å². The third kappa shape index (κ3) is 4.93. The maximum atomic E-state index is 12.6. The van der Waals surface area contributed by atoms with E-state index in [4.69, 9.17) is 9.15 Å². The van der Waals surface area contributed by atoms with Crippen molar-refractivity contribution in [2.24, 2.45) is 0 Å². The number of hydrogen-bond donors (Lipinski definition) is 1. The third-order valence-electron chi connectivity index (χ3n) is 5.29. The molecule has 1 aromatic heterocycles. The number of rotatable bonds is 7. The van der Waals surface area contributed by atoms with Crippen molar-refractivity contribution in [3.05, 3.63) is 120 Å². The molecule has 162 valence electrons. The minimum Gasteiger partial charge on any atom is -0.489 e. The lowest BCUT2D eigenvalue weighted by molar-refractivity contribution is 0.0950. The zero-order valence-corrected chi connectivity index (χ0v) is 17.9. The Bertz CT molecular complexity index is 1340. The lowest BCUT2D eigenvalue weighted by atomic mass is 10.1. The van der Waals surface area contributed by atoms with Gasteiger partial charge in [0.25, 0.3) is 5.91 Å². The second-order valence-electron chi connectivity index (χ2n) is 7.67. The first kappa shape index (κ1) is 20.5. The molecule has 5 nitrogen and oxygen atoms in total. The van der Waals surface area contributed by atoms with E-state index in [1.807, 2.05) is 91.0 Å². The molecule has 33 heavy (non-hydrogen) atoms. The van der Waals surface area contributed by atoms with E-state index in [0.717, 1.165) is 27.8 Å². The van der Waals surface area contributed by atoms with Gasteiger partial charge in [-0.1, -0.05) is 60.7 Å². The fraction of sp³-hybridized carbons (Fsp3) is 0.0714. The average molecular weight is 434 g/mol. The number of benzene rings is 4. The van der Waals surface area contributed by atoms with Crippen LogP contribution in [-0.4, -0.2) is 10.9 Å². The van der Waals surface area contributed by atoms with Crippen LogP contribution in [0.4, 0.5) is 0 Å². The van der Waals surface area contributed by atoms with E-state index in [9.17, 15) is 4.79 Å². The Morgan fingerprint density at radius 2 is 1.61 bits per heavy atom. The van der Waals surface area contributed by atoms with Crippen LogP contribution in [0.15, 0.2) is 108 Å². The topological polar surface area (TPSA) is 64.4 Å². The largest absolute Gasteiger partial charge is 0.489 e. The molecule has 5 heteroatoms. The van der Waals surface area contributed by atoms with Crippen molar-refractivity contribution in [2.45, 2.75) is 13.2 Å². The predicted molar refractivity (Wildman–Crippen MR) is 128 cm³/mol. The van der Waals surface area contributed by atoms with Crippen molar-refractivity contribution in [1.29, 1.82) is 0 Å². The fourth-order valence-electron chi connectivity index (χ4n) is 3.51. The van der Waals surface area contributed by atoms with Crippen LogP contribution in [0, 0.1) is 0 Å². The molecular weight excluding hydrogens is 412 g/mol. The van der Waals surface area contributed by atoms with Gasteiger partial charge in [-0.05, 0) is 53.6 Å². The first-order chi connectivity index (χ1) is 16.2. The van der Waals surface area contributed by atoms with Crippen molar-refractivity contribution >= 4 is 17.0 Å². The van der Waals surface area contributed by atoms with E-state index in [0.29, 0.717) is 30.4 Å². The Balaban J connectivity index is 1.19. The molecule has 5 rings (SSSR count). The Labute approximate surface area is 191 Å². The van der Waals surface area contributed by atoms with E-state index in [1.54, 1.807) is 12.1 Å². The summed E-state index contributed by atoms with van der Waals surface area (Å²) < 4.78 is 11.6. The second-order valence-corrected chi connectivity index (χ2v) is 7.67. The molecule has 0 fully saturated rings. The van der Waals surface area contributed by atoms with Gasteiger partial charge >= 0.3 is 0 Å². The molecule has 4 aromatic carbocycles. The summed E-state index contributed by atoms with van der Waals surface area (Å²) in [5, 5.41) is 2.96. The van der Waals surface area contributed by atoms with Crippen LogP contribution < -0.4 is 10.1 Å². The number of para-hydroxylation sites is 2. The van der Waals surface area contributed by atoms with Crippen LogP contribution in [0.1, 0.15) is 21.5 Å². The SMILES string of the molecule is O=C(NCc1ccc(-c2nc3ccccc3o2)cc1)c1cccc(OCc2ccccc2)c1. The lowest BCUT2D eigenvalue weighted by Crippen LogP contribution is -2.22. The molecule has 0 saturated carbocycles. The molecule has 1 heterocycles. The first-order valence-corrected chi connectivity index (χ1v) is 10.7. The molecular formula is C28H22N2O3. The number of nitrogens with zero attached hydrogens (tertiary/aromatic N) is 1. The third-order valence-corrected chi connectivity index (χ3v) is 5.29. The average Bonchev–Trinajstić information content (AvgIpc) is 3.31. The summed E-state index contributed by atoms with van der Waals surface area (Å²) in [6.45, 7) is 0.875. The summed E-state index contributed by atoms with van der Waals surface area (Å²) in [4.78, 5) is 17.2. The molecule has 1 amide bonds. The van der Waals surface area contributed by atoms with Gasteiger partial charge in [-0.15, -0.1) is 0 Å². The van der Waals surface area contributed by atoms with Crippen molar-refractivity contribution in [3.8, 4) is 17.2 Å². The summed E-state index contributed by atoms with van der Waals surface area (Å²) >= 11 is 0. The van der Waals surface area contributed by atoms with Crippen LogP contribution >= 0.6 is 0 Å². The highest BCUT2D eigenvalue weighted by atomic mass is 16.5. The predicted octanol–water partition coefficient (Wildman–Crippen LogP) is 6.00. The summed E-state index contributed by atoms with van der Waals surface area (Å²) in [5.41, 5.74) is 5.11. The number of hydrogen-bond acceptors (Lipinski definition) is 4. The summed E-state index contributed by atoms with van der Waals surface area (Å²) in [6, 6.07) is 32.7. The zero-order valence-electron chi connectivity index (χ0n) is 17.9. The van der Waals surface area contributed by atoms with Gasteiger partial charge in [0.2, 0.25) is 5.89 Å². The zero-order chi connectivity index (χ0) is 22.5. The van der Waals surface area contributed by atoms with Gasteiger partial charge in [0.05, 0.1) is 0 Å². The van der Waals surface area contributed by atoms with Gasteiger partial charge in [0, 0.05) is 17.7 Å². The van der Waals surface area contributed by atoms with Gasteiger partial charge in [0.1, 0.15) is 17.9 Å². The smallest absolute Gasteiger partial charge is 0.251 e. The van der Waals surface area contributed by atoms with Crippen LogP contribution in [0.3, 0.4) is 0 Å². The minimum atomic E-state index is -0.150. The van der Waals surface area contributed by atoms with E-state index in [2.05, 4.69) is 10.3 Å². The Hall–Kier alpha value is -4.38. The highest BCUT2D eigenvalue weighted by Crippen LogP contribution is 2.24. The number of nitrogens with one attached hydrogen (secondary N) is 1. The van der Waals surface area contributed by atoms with Crippen LogP contribution in [-0.2, 0) is 13.2 Å². The number of carbonyl (C=O) groups is 1. The van der Waals surface area contributed by atoms with E-state index < -0.39 is 0 Å².